The van der Waals surface area contributed by atoms with E-state index in [9.17, 15) is 39.3 Å². The van der Waals surface area contributed by atoms with Crippen LogP contribution >= 0.6 is 43.5 Å². The molecule has 6 unspecified atom stereocenters. The van der Waals surface area contributed by atoms with Crippen LogP contribution in [-0.2, 0) is 24.6 Å². The molecule has 8 rings (SSSR count). The van der Waals surface area contributed by atoms with E-state index >= 15 is 9.59 Å². The number of imide groups is 2. The number of benzene rings is 4. The van der Waals surface area contributed by atoms with Crippen molar-refractivity contribution >= 4 is 95.5 Å². The molecule has 1 saturated carbocycles. The highest BCUT2D eigenvalue weighted by Gasteiger charge is 2.71. The summed E-state index contributed by atoms with van der Waals surface area (Å²) < 4.78 is 20.0. The molecule has 16 nitrogen and oxygen atoms in total. The Morgan fingerprint density at radius 2 is 1.54 bits per heavy atom. The van der Waals surface area contributed by atoms with Crippen molar-refractivity contribution in [2.75, 3.05) is 36.4 Å². The lowest BCUT2D eigenvalue weighted by atomic mass is 9.49. The molecule has 6 atom stereocenters. The van der Waals surface area contributed by atoms with Gasteiger partial charge in [-0.1, -0.05) is 35.4 Å². The number of nitrogens with one attached hydrogen (secondary N) is 1. The molecule has 3 fully saturated rings. The van der Waals surface area contributed by atoms with Crippen LogP contribution in [0.3, 0.4) is 0 Å². The van der Waals surface area contributed by atoms with Crippen molar-refractivity contribution in [2.45, 2.75) is 24.2 Å². The van der Waals surface area contributed by atoms with E-state index in [-0.39, 0.29) is 50.3 Å². The monoisotopic (exact) mass is 980 g/mol. The predicted molar refractivity (Wildman–Crippen MR) is 226 cm³/mol. The van der Waals surface area contributed by atoms with Gasteiger partial charge in [0.2, 0.25) is 11.8 Å². The summed E-state index contributed by atoms with van der Waals surface area (Å²) in [5.74, 6) is -9.30. The van der Waals surface area contributed by atoms with Crippen molar-refractivity contribution in [3.63, 3.8) is 0 Å². The van der Waals surface area contributed by atoms with Crippen molar-refractivity contribution in [2.24, 2.45) is 23.7 Å². The maximum atomic E-state index is 15.5. The minimum absolute atomic E-state index is 0.00464. The van der Waals surface area contributed by atoms with Crippen LogP contribution in [0, 0.1) is 49.7 Å². The quantitative estimate of drug-likeness (QED) is 0.0714. The zero-order chi connectivity index (χ0) is 44.0. The number of nitro benzene ring substituents is 2. The average Bonchev–Trinajstić information content (AvgIpc) is 3.61. The number of amides is 4. The summed E-state index contributed by atoms with van der Waals surface area (Å²) in [4.78, 5) is 84.6. The molecular weight excluding hydrogens is 951 g/mol. The van der Waals surface area contributed by atoms with Gasteiger partial charge in [-0.25, -0.2) is 9.29 Å². The number of halogens is 4. The van der Waals surface area contributed by atoms with E-state index in [2.05, 4.69) is 37.3 Å². The van der Waals surface area contributed by atoms with Crippen molar-refractivity contribution in [3.8, 4) is 11.5 Å². The third-order valence-corrected chi connectivity index (χ3v) is 14.5. The number of ether oxygens (including phenoxy) is 1. The third-order valence-electron chi connectivity index (χ3n) is 12.1. The Morgan fingerprint density at radius 3 is 2.11 bits per heavy atom. The zero-order valence-corrected chi connectivity index (χ0v) is 36.0. The number of fused-ring (bicyclic) bond motifs is 4. The maximum absolute atomic E-state index is 15.5. The molecule has 0 aromatic heterocycles. The number of methoxy groups -OCH3 is 1. The molecule has 2 heterocycles. The van der Waals surface area contributed by atoms with Crippen LogP contribution in [0.15, 0.2) is 87.3 Å². The van der Waals surface area contributed by atoms with Crippen LogP contribution in [0.25, 0.3) is 0 Å². The molecule has 4 aromatic rings. The van der Waals surface area contributed by atoms with Crippen molar-refractivity contribution in [1.82, 2.24) is 5.01 Å². The zero-order valence-electron chi connectivity index (χ0n) is 32.1. The van der Waals surface area contributed by atoms with Crippen LogP contribution in [0.5, 0.6) is 11.5 Å². The number of hydrogen-bond donors (Lipinski definition) is 2. The molecule has 2 N–H and O–H groups in total. The topological polar surface area (TPSA) is 206 Å². The molecule has 61 heavy (non-hydrogen) atoms. The molecule has 2 aliphatic heterocycles. The second-order valence-corrected chi connectivity index (χ2v) is 17.3. The summed E-state index contributed by atoms with van der Waals surface area (Å²) in [6, 6.07) is 14.8. The van der Waals surface area contributed by atoms with Gasteiger partial charge in [-0.15, -0.1) is 0 Å². The first kappa shape index (κ1) is 41.8. The number of nitrogens with zero attached hydrogens (tertiary/aromatic N) is 5. The first-order chi connectivity index (χ1) is 28.9. The largest absolute Gasteiger partial charge is 0.503 e. The Morgan fingerprint density at radius 1 is 0.918 bits per heavy atom. The number of hydrazine groups is 1. The summed E-state index contributed by atoms with van der Waals surface area (Å²) in [7, 11) is 4.11. The maximum Gasteiger partial charge on any atom is 0.301 e. The second kappa shape index (κ2) is 15.2. The molecule has 2 aliphatic carbocycles. The van der Waals surface area contributed by atoms with Gasteiger partial charge >= 0.3 is 11.4 Å². The fourth-order valence-electron chi connectivity index (χ4n) is 9.69. The van der Waals surface area contributed by atoms with Gasteiger partial charge < -0.3 is 14.7 Å². The Bertz CT molecular complexity index is 2610. The van der Waals surface area contributed by atoms with Gasteiger partial charge in [0, 0.05) is 41.6 Å². The number of rotatable bonds is 9. The van der Waals surface area contributed by atoms with Crippen molar-refractivity contribution in [1.29, 1.82) is 0 Å². The fourth-order valence-corrected chi connectivity index (χ4v) is 10.8. The average molecular weight is 983 g/mol. The van der Waals surface area contributed by atoms with E-state index in [4.69, 9.17) is 16.3 Å². The van der Waals surface area contributed by atoms with E-state index in [1.54, 1.807) is 30.3 Å². The van der Waals surface area contributed by atoms with Crippen molar-refractivity contribution < 1.29 is 43.3 Å². The molecule has 314 valence electrons. The summed E-state index contributed by atoms with van der Waals surface area (Å²) in [5, 5.41) is 36.8. The number of hydrogen-bond acceptors (Lipinski definition) is 12. The SMILES string of the molecule is COc1cc(C2C3=CCC4C(=O)N(c5cc([N+](=O)[O-])c(N(C)C)c([N+](=O)[O-])c5)C(=O)C4C3CC3C(=O)N(Nc4ccc(F)cc4)C(=O)C32c2ccc(Cl)cc2)c(Br)c(Br)c1O. The molecule has 4 aromatic carbocycles. The number of phenolic OH excluding ortho intramolecular Hbond substituents is 1. The van der Waals surface area contributed by atoms with Gasteiger partial charge in [-0.3, -0.25) is 44.8 Å². The van der Waals surface area contributed by atoms with Crippen LogP contribution < -0.4 is 20.0 Å². The standard InChI is InChI=1S/C41H32Br2ClFN6O10/c1-47(2)35-28(50(57)58)14-22(15-29(35)51(59)60)48-37(53)24-13-12-23-25(31(24)39(48)55)16-27-38(54)49(46-21-10-8-20(45)9-11-21)40(56)41(27,18-4-6-19(44)7-5-18)32(23)26-17-30(61-3)36(52)34(43)33(26)42/h4-12,14-15,17,24-25,27,31-32,46,52H,13,16H2,1-3H3. The Balaban J connectivity index is 1.35. The number of phenols is 1. The van der Waals surface area contributed by atoms with E-state index in [1.807, 2.05) is 0 Å². The Labute approximate surface area is 367 Å². The van der Waals surface area contributed by atoms with Crippen molar-refractivity contribution in [3.05, 3.63) is 130 Å². The summed E-state index contributed by atoms with van der Waals surface area (Å²) in [6.07, 6.45) is 1.55. The minimum Gasteiger partial charge on any atom is -0.503 e. The predicted octanol–water partition coefficient (Wildman–Crippen LogP) is 7.79. The van der Waals surface area contributed by atoms with E-state index in [0.29, 0.717) is 21.7 Å². The normalized spacial score (nSPS) is 24.2. The van der Waals surface area contributed by atoms with Crippen LogP contribution in [0.1, 0.15) is 29.9 Å². The van der Waals surface area contributed by atoms with E-state index in [0.717, 1.165) is 34.2 Å². The highest BCUT2D eigenvalue weighted by Crippen LogP contribution is 2.66. The lowest BCUT2D eigenvalue weighted by Gasteiger charge is -2.51. The number of carbonyl (C=O) groups is 4. The molecule has 0 radical (unpaired) electrons. The lowest BCUT2D eigenvalue weighted by molar-refractivity contribution is -0.392. The van der Waals surface area contributed by atoms with Crippen LogP contribution in [0.4, 0.5) is 32.8 Å². The lowest BCUT2D eigenvalue weighted by Crippen LogP contribution is -2.53. The van der Waals surface area contributed by atoms with Gasteiger partial charge in [0.05, 0.1) is 56.0 Å². The minimum atomic E-state index is -1.79. The fraction of sp³-hybridized carbons (Fsp3) is 0.268. The Kier molecular flexibility index (Phi) is 10.4. The van der Waals surface area contributed by atoms with Crippen LogP contribution in [0.2, 0.25) is 5.02 Å². The molecule has 2 saturated heterocycles. The second-order valence-electron chi connectivity index (χ2n) is 15.3. The molecular formula is C41H32Br2ClFN6O10. The number of aromatic hydroxyl groups is 1. The molecule has 20 heteroatoms. The first-order valence-corrected chi connectivity index (χ1v) is 20.5. The Hall–Kier alpha value is -5.92. The smallest absolute Gasteiger partial charge is 0.301 e. The van der Waals surface area contributed by atoms with E-state index in [1.165, 1.54) is 44.3 Å². The summed E-state index contributed by atoms with van der Waals surface area (Å²) in [6.45, 7) is 0. The van der Waals surface area contributed by atoms with Crippen LogP contribution in [-0.4, -0.2) is 64.8 Å². The highest BCUT2D eigenvalue weighted by atomic mass is 79.9. The number of anilines is 3. The molecule has 0 bridgehead atoms. The first-order valence-electron chi connectivity index (χ1n) is 18.6. The third kappa shape index (κ3) is 6.26. The summed E-state index contributed by atoms with van der Waals surface area (Å²) >= 11 is 13.4. The van der Waals surface area contributed by atoms with Gasteiger partial charge in [0.15, 0.2) is 17.2 Å². The van der Waals surface area contributed by atoms with Gasteiger partial charge in [0.1, 0.15) is 5.82 Å². The number of allylic oxidation sites excluding steroid dienone is 2. The number of nitro groups is 2. The molecule has 0 spiro atoms. The highest BCUT2D eigenvalue weighted by molar-refractivity contribution is 9.13. The molecule has 4 amide bonds. The van der Waals surface area contributed by atoms with E-state index < -0.39 is 85.7 Å². The van der Waals surface area contributed by atoms with Gasteiger partial charge in [-0.2, -0.15) is 5.01 Å². The summed E-state index contributed by atoms with van der Waals surface area (Å²) in [5.41, 5.74) is 0.428. The molecule has 4 aliphatic rings. The van der Waals surface area contributed by atoms with Gasteiger partial charge in [0.25, 0.3) is 11.8 Å². The van der Waals surface area contributed by atoms with Gasteiger partial charge in [-0.05, 0) is 104 Å². The number of carbonyl (C=O) groups excluding carboxylic acids is 4.